The number of aromatic nitrogens is 3. The van der Waals surface area contributed by atoms with E-state index in [1.54, 1.807) is 25.2 Å². The average molecular weight is 443 g/mol. The van der Waals surface area contributed by atoms with E-state index >= 15 is 0 Å². The van der Waals surface area contributed by atoms with Crippen molar-refractivity contribution in [1.29, 1.82) is 0 Å². The monoisotopic (exact) mass is 442 g/mol. The molecule has 7 nitrogen and oxygen atoms in total. The van der Waals surface area contributed by atoms with E-state index in [1.165, 1.54) is 10.2 Å². The topological polar surface area (TPSA) is 78.3 Å². The van der Waals surface area contributed by atoms with Crippen molar-refractivity contribution in [3.8, 4) is 11.8 Å². The van der Waals surface area contributed by atoms with Crippen LogP contribution in [0.5, 0.6) is 11.8 Å². The molecule has 2 heterocycles. The lowest BCUT2D eigenvalue weighted by atomic mass is 9.89. The number of carbonyl (C=O) groups is 1. The maximum Gasteiger partial charge on any atom is 0.282 e. The molecule has 0 saturated carbocycles. The quantitative estimate of drug-likeness (QED) is 0.427. The highest BCUT2D eigenvalue weighted by Gasteiger charge is 2.32. The van der Waals surface area contributed by atoms with E-state index in [1.807, 2.05) is 46.8 Å². The number of nitrogens with zero attached hydrogens (tertiary/aromatic N) is 3. The van der Waals surface area contributed by atoms with Gasteiger partial charge >= 0.3 is 0 Å². The summed E-state index contributed by atoms with van der Waals surface area (Å²) in [6, 6.07) is 11.1. The predicted octanol–water partition coefficient (Wildman–Crippen LogP) is 5.04. The van der Waals surface area contributed by atoms with E-state index in [-0.39, 0.29) is 23.9 Å². The molecular formula is C23H27ClN4O3. The van der Waals surface area contributed by atoms with Crippen LogP contribution in [0.2, 0.25) is 5.15 Å². The van der Waals surface area contributed by atoms with Gasteiger partial charge in [-0.15, -0.1) is 0 Å². The zero-order valence-electron chi connectivity index (χ0n) is 18.6. The minimum atomic E-state index is -0.445. The van der Waals surface area contributed by atoms with Gasteiger partial charge < -0.3 is 4.74 Å². The molecule has 0 aliphatic heterocycles. The fourth-order valence-corrected chi connectivity index (χ4v) is 3.29. The van der Waals surface area contributed by atoms with E-state index in [4.69, 9.17) is 21.2 Å². The molecular weight excluding hydrogens is 416 g/mol. The van der Waals surface area contributed by atoms with Gasteiger partial charge in [0.15, 0.2) is 0 Å². The summed E-state index contributed by atoms with van der Waals surface area (Å²) < 4.78 is 7.42. The molecule has 0 spiro atoms. The first kappa shape index (κ1) is 22.8. The fourth-order valence-electron chi connectivity index (χ4n) is 3.14. The number of pyridine rings is 1. The number of halogens is 1. The van der Waals surface area contributed by atoms with Gasteiger partial charge in [0.25, 0.3) is 5.91 Å². The van der Waals surface area contributed by atoms with Crippen molar-refractivity contribution in [3.63, 3.8) is 0 Å². The Bertz CT molecular complexity index is 1100. The van der Waals surface area contributed by atoms with Crippen LogP contribution in [-0.2, 0) is 23.9 Å². The van der Waals surface area contributed by atoms with Crippen molar-refractivity contribution in [1.82, 2.24) is 20.2 Å². The molecule has 2 aromatic heterocycles. The molecule has 3 aromatic rings. The van der Waals surface area contributed by atoms with Crippen molar-refractivity contribution >= 4 is 17.5 Å². The van der Waals surface area contributed by atoms with Crippen LogP contribution in [0.25, 0.3) is 0 Å². The van der Waals surface area contributed by atoms with Gasteiger partial charge in [-0.1, -0.05) is 62.2 Å². The molecule has 1 aromatic carbocycles. The van der Waals surface area contributed by atoms with Crippen molar-refractivity contribution in [2.24, 2.45) is 7.05 Å². The smallest absolute Gasteiger partial charge is 0.282 e. The van der Waals surface area contributed by atoms with Crippen LogP contribution < -0.4 is 10.2 Å². The molecule has 8 heteroatoms. The summed E-state index contributed by atoms with van der Waals surface area (Å²) in [6.07, 6.45) is 0. The highest BCUT2D eigenvalue weighted by Crippen LogP contribution is 2.33. The van der Waals surface area contributed by atoms with Crippen LogP contribution in [0.1, 0.15) is 53.5 Å². The Balaban J connectivity index is 1.85. The van der Waals surface area contributed by atoms with E-state index in [0.717, 1.165) is 11.1 Å². The van der Waals surface area contributed by atoms with Gasteiger partial charge in [0.1, 0.15) is 17.3 Å². The second kappa shape index (κ2) is 9.08. The molecule has 164 valence electrons. The largest absolute Gasteiger partial charge is 0.420 e. The number of carbonyl (C=O) groups excluding carboxylic acids is 1. The summed E-state index contributed by atoms with van der Waals surface area (Å²) in [7, 11) is 1.71. The third kappa shape index (κ3) is 5.42. The molecule has 0 radical (unpaired) electrons. The fraction of sp³-hybridized carbons (Fsp3) is 0.348. The maximum atomic E-state index is 13.1. The molecule has 31 heavy (non-hydrogen) atoms. The number of nitrogens with one attached hydrogen (secondary N) is 1. The Hall–Kier alpha value is -2.90. The Morgan fingerprint density at radius 1 is 1.19 bits per heavy atom. The number of ether oxygens (including phenoxy) is 1. The van der Waals surface area contributed by atoms with Crippen molar-refractivity contribution < 1.29 is 14.4 Å². The van der Waals surface area contributed by atoms with Crippen LogP contribution in [0.4, 0.5) is 0 Å². The summed E-state index contributed by atoms with van der Waals surface area (Å²) >= 11 is 5.97. The van der Waals surface area contributed by atoms with Crippen molar-refractivity contribution in [2.45, 2.75) is 46.6 Å². The summed E-state index contributed by atoms with van der Waals surface area (Å²) in [6.45, 7) is 10.2. The van der Waals surface area contributed by atoms with Gasteiger partial charge in [-0.3, -0.25) is 9.63 Å². The zero-order chi connectivity index (χ0) is 22.8. The first-order valence-corrected chi connectivity index (χ1v) is 10.3. The van der Waals surface area contributed by atoms with E-state index in [0.29, 0.717) is 10.8 Å². The van der Waals surface area contributed by atoms with Gasteiger partial charge in [0.05, 0.1) is 5.69 Å². The van der Waals surface area contributed by atoms with Crippen LogP contribution >= 0.6 is 11.6 Å². The van der Waals surface area contributed by atoms with Gasteiger partial charge in [-0.2, -0.15) is 5.10 Å². The number of aryl methyl sites for hydroxylation is 3. The minimum absolute atomic E-state index is 0.245. The summed E-state index contributed by atoms with van der Waals surface area (Å²) in [5, 5.41) is 4.82. The number of amides is 1. The molecule has 0 atom stereocenters. The molecule has 1 N–H and O–H groups in total. The SMILES string of the molecule is Cc1ccc(CONC(=O)c2c(C(C)(C)C)nn(C)c2Oc2cccc(Cl)n2)c(C)c1. The molecule has 0 saturated heterocycles. The van der Waals surface area contributed by atoms with E-state index in [2.05, 4.69) is 21.6 Å². The number of hydrogen-bond acceptors (Lipinski definition) is 5. The number of hydrogen-bond donors (Lipinski definition) is 1. The normalized spacial score (nSPS) is 11.5. The third-order valence-electron chi connectivity index (χ3n) is 4.71. The Kier molecular flexibility index (Phi) is 6.67. The second-order valence-electron chi connectivity index (χ2n) is 8.45. The molecule has 0 aliphatic carbocycles. The lowest BCUT2D eigenvalue weighted by Gasteiger charge is -2.17. The lowest BCUT2D eigenvalue weighted by Crippen LogP contribution is -2.27. The Morgan fingerprint density at radius 2 is 1.94 bits per heavy atom. The second-order valence-corrected chi connectivity index (χ2v) is 8.84. The third-order valence-corrected chi connectivity index (χ3v) is 4.92. The van der Waals surface area contributed by atoms with Crippen molar-refractivity contribution in [2.75, 3.05) is 0 Å². The molecule has 0 fully saturated rings. The van der Waals surface area contributed by atoms with Gasteiger partial charge in [0.2, 0.25) is 11.8 Å². The number of rotatable bonds is 6. The summed E-state index contributed by atoms with van der Waals surface area (Å²) in [5.74, 6) is 0.0772. The van der Waals surface area contributed by atoms with Gasteiger partial charge in [-0.25, -0.2) is 15.1 Å². The van der Waals surface area contributed by atoms with E-state index in [9.17, 15) is 4.79 Å². The van der Waals surface area contributed by atoms with Gasteiger partial charge in [0, 0.05) is 18.5 Å². The minimum Gasteiger partial charge on any atom is -0.420 e. The Morgan fingerprint density at radius 3 is 2.58 bits per heavy atom. The highest BCUT2D eigenvalue weighted by molar-refractivity contribution is 6.29. The predicted molar refractivity (Wildman–Crippen MR) is 119 cm³/mol. The molecule has 0 aliphatic rings. The molecule has 3 rings (SSSR count). The molecule has 0 unspecified atom stereocenters. The number of hydroxylamine groups is 1. The highest BCUT2D eigenvalue weighted by atomic mass is 35.5. The van der Waals surface area contributed by atoms with Crippen LogP contribution in [0, 0.1) is 13.8 Å². The molecule has 0 bridgehead atoms. The first-order chi connectivity index (χ1) is 14.6. The standard InChI is InChI=1S/C23H27ClN4O3/c1-14-10-11-16(15(2)12-14)13-30-27-21(29)19-20(23(3,4)5)26-28(6)22(19)31-18-9-7-8-17(24)25-18/h7-12H,13H2,1-6H3,(H,27,29). The maximum absolute atomic E-state index is 13.1. The van der Waals surface area contributed by atoms with Crippen LogP contribution in [0.3, 0.4) is 0 Å². The zero-order valence-corrected chi connectivity index (χ0v) is 19.4. The molecule has 1 amide bonds. The average Bonchev–Trinajstić information content (AvgIpc) is 3.00. The van der Waals surface area contributed by atoms with Crippen molar-refractivity contribution in [3.05, 3.63) is 69.5 Å². The number of benzene rings is 1. The first-order valence-electron chi connectivity index (χ1n) is 9.92. The van der Waals surface area contributed by atoms with E-state index < -0.39 is 11.3 Å². The Labute approximate surface area is 187 Å². The van der Waals surface area contributed by atoms with Gasteiger partial charge in [-0.05, 0) is 31.0 Å². The van der Waals surface area contributed by atoms with Crippen LogP contribution in [-0.4, -0.2) is 20.7 Å². The summed E-state index contributed by atoms with van der Waals surface area (Å²) in [4.78, 5) is 22.8. The summed E-state index contributed by atoms with van der Waals surface area (Å²) in [5.41, 5.74) is 6.27. The van der Waals surface area contributed by atoms with Crippen LogP contribution in [0.15, 0.2) is 36.4 Å². The lowest BCUT2D eigenvalue weighted by molar-refractivity contribution is 0.0228.